The highest BCUT2D eigenvalue weighted by Crippen LogP contribution is 2.20. The van der Waals surface area contributed by atoms with E-state index < -0.39 is 10.0 Å². The number of hydrogen-bond acceptors (Lipinski definition) is 4. The lowest BCUT2D eigenvalue weighted by Crippen LogP contribution is -2.36. The molecule has 0 aliphatic rings. The Hall–Kier alpha value is -2.58. The fraction of sp³-hybridized carbons (Fsp3) is 0.381. The number of guanidine groups is 1. The van der Waals surface area contributed by atoms with Crippen LogP contribution in [0.4, 0.5) is 0 Å². The maximum atomic E-state index is 11.6. The predicted octanol–water partition coefficient (Wildman–Crippen LogP) is 2.31. The molecule has 0 saturated carbocycles. The fourth-order valence-electron chi connectivity index (χ4n) is 2.73. The number of sulfonamides is 1. The molecular formula is C21H30N4O3S. The van der Waals surface area contributed by atoms with Gasteiger partial charge in [0.05, 0.1) is 12.4 Å². The van der Waals surface area contributed by atoms with Gasteiger partial charge in [0.1, 0.15) is 5.75 Å². The van der Waals surface area contributed by atoms with Gasteiger partial charge < -0.3 is 15.4 Å². The van der Waals surface area contributed by atoms with E-state index in [1.807, 2.05) is 44.2 Å². The first-order chi connectivity index (χ1) is 13.9. The van der Waals surface area contributed by atoms with E-state index in [0.717, 1.165) is 28.0 Å². The number of aryl methyl sites for hydroxylation is 1. The monoisotopic (exact) mass is 418 g/mol. The van der Waals surface area contributed by atoms with Crippen molar-refractivity contribution in [1.82, 2.24) is 15.4 Å². The van der Waals surface area contributed by atoms with Crippen molar-refractivity contribution in [3.05, 3.63) is 64.7 Å². The molecule has 0 aliphatic heterocycles. The molecule has 0 fully saturated rings. The average molecular weight is 419 g/mol. The van der Waals surface area contributed by atoms with Gasteiger partial charge in [-0.2, -0.15) is 0 Å². The summed E-state index contributed by atoms with van der Waals surface area (Å²) in [6.45, 7) is 5.80. The molecule has 0 unspecified atom stereocenters. The van der Waals surface area contributed by atoms with Gasteiger partial charge in [0.25, 0.3) is 0 Å². The minimum Gasteiger partial charge on any atom is -0.494 e. The smallest absolute Gasteiger partial charge is 0.215 e. The molecule has 0 spiro atoms. The van der Waals surface area contributed by atoms with Gasteiger partial charge in [-0.3, -0.25) is 4.99 Å². The molecule has 0 aromatic heterocycles. The molecule has 0 amide bonds. The lowest BCUT2D eigenvalue weighted by Gasteiger charge is -2.15. The number of nitrogens with zero attached hydrogens (tertiary/aromatic N) is 1. The second-order valence-electron chi connectivity index (χ2n) is 6.60. The molecule has 29 heavy (non-hydrogen) atoms. The number of benzene rings is 2. The van der Waals surface area contributed by atoms with E-state index >= 15 is 0 Å². The molecular weight excluding hydrogens is 388 g/mol. The normalized spacial score (nSPS) is 11.9. The summed E-state index contributed by atoms with van der Waals surface area (Å²) in [6.07, 6.45) is 0. The van der Waals surface area contributed by atoms with Crippen LogP contribution in [0.2, 0.25) is 0 Å². The second-order valence-corrected chi connectivity index (χ2v) is 8.53. The van der Waals surface area contributed by atoms with Crippen molar-refractivity contribution < 1.29 is 13.2 Å². The number of ether oxygens (including phenoxy) is 1. The maximum absolute atomic E-state index is 11.6. The Labute approximate surface area is 173 Å². The Morgan fingerprint density at radius 1 is 1.03 bits per heavy atom. The topological polar surface area (TPSA) is 91.8 Å². The largest absolute Gasteiger partial charge is 0.494 e. The Morgan fingerprint density at radius 3 is 2.31 bits per heavy atom. The van der Waals surface area contributed by atoms with Crippen LogP contribution < -0.4 is 20.1 Å². The van der Waals surface area contributed by atoms with E-state index in [-0.39, 0.29) is 5.75 Å². The predicted molar refractivity (Wildman–Crippen MR) is 118 cm³/mol. The molecule has 2 aromatic rings. The Kier molecular flexibility index (Phi) is 8.48. The van der Waals surface area contributed by atoms with Crippen molar-refractivity contribution in [1.29, 1.82) is 0 Å². The quantitative estimate of drug-likeness (QED) is 0.429. The summed E-state index contributed by atoms with van der Waals surface area (Å²) in [5.74, 6) is 1.52. The SMILES string of the molecule is CCOc1cc(C)ccc1CNC(=NC)NCc1ccc(CS(=O)(=O)NC)cc1. The van der Waals surface area contributed by atoms with E-state index in [2.05, 4.69) is 32.5 Å². The van der Waals surface area contributed by atoms with Crippen LogP contribution in [0.5, 0.6) is 5.75 Å². The Balaban J connectivity index is 1.91. The summed E-state index contributed by atoms with van der Waals surface area (Å²) in [4.78, 5) is 4.25. The van der Waals surface area contributed by atoms with Gasteiger partial charge in [-0.25, -0.2) is 13.1 Å². The fourth-order valence-corrected chi connectivity index (χ4v) is 3.50. The highest BCUT2D eigenvalue weighted by atomic mass is 32.2. The van der Waals surface area contributed by atoms with E-state index in [4.69, 9.17) is 4.74 Å². The number of nitrogens with one attached hydrogen (secondary N) is 3. The van der Waals surface area contributed by atoms with Gasteiger partial charge in [0.15, 0.2) is 5.96 Å². The molecule has 0 heterocycles. The summed E-state index contributed by atoms with van der Waals surface area (Å²) in [6, 6.07) is 13.6. The minimum absolute atomic E-state index is 0.0286. The highest BCUT2D eigenvalue weighted by Gasteiger charge is 2.09. The zero-order chi connectivity index (χ0) is 21.3. The van der Waals surface area contributed by atoms with Crippen LogP contribution in [0, 0.1) is 6.92 Å². The maximum Gasteiger partial charge on any atom is 0.215 e. The van der Waals surface area contributed by atoms with Crippen LogP contribution in [-0.4, -0.2) is 35.1 Å². The van der Waals surface area contributed by atoms with Crippen LogP contribution in [0.15, 0.2) is 47.5 Å². The summed E-state index contributed by atoms with van der Waals surface area (Å²) in [7, 11) is -0.126. The van der Waals surface area contributed by atoms with Gasteiger partial charge in [0.2, 0.25) is 10.0 Å². The van der Waals surface area contributed by atoms with Crippen molar-refractivity contribution >= 4 is 16.0 Å². The van der Waals surface area contributed by atoms with E-state index in [1.165, 1.54) is 7.05 Å². The first-order valence-corrected chi connectivity index (χ1v) is 11.2. The standard InChI is InChI=1S/C21H30N4O3S/c1-5-28-20-12-16(2)6-11-19(20)14-25-21(22-3)24-13-17-7-9-18(10-8-17)15-29(26,27)23-4/h6-12,23H,5,13-15H2,1-4H3,(H2,22,24,25). The molecule has 2 aromatic carbocycles. The average Bonchev–Trinajstić information content (AvgIpc) is 2.70. The van der Waals surface area contributed by atoms with E-state index in [1.54, 1.807) is 7.05 Å². The van der Waals surface area contributed by atoms with Crippen molar-refractivity contribution in [3.63, 3.8) is 0 Å². The van der Waals surface area contributed by atoms with Gasteiger partial charge in [-0.1, -0.05) is 36.4 Å². The molecule has 0 saturated heterocycles. The van der Waals surface area contributed by atoms with Crippen LogP contribution in [0.1, 0.15) is 29.2 Å². The Morgan fingerprint density at radius 2 is 1.69 bits per heavy atom. The summed E-state index contributed by atoms with van der Waals surface area (Å²) >= 11 is 0. The summed E-state index contributed by atoms with van der Waals surface area (Å²) < 4.78 is 31.3. The lowest BCUT2D eigenvalue weighted by atomic mass is 10.1. The van der Waals surface area contributed by atoms with Crippen molar-refractivity contribution in [2.75, 3.05) is 20.7 Å². The van der Waals surface area contributed by atoms with Gasteiger partial charge in [-0.05, 0) is 43.7 Å². The lowest BCUT2D eigenvalue weighted by molar-refractivity contribution is 0.336. The zero-order valence-electron chi connectivity index (χ0n) is 17.5. The second kappa shape index (κ2) is 10.8. The van der Waals surface area contributed by atoms with Crippen molar-refractivity contribution in [2.24, 2.45) is 4.99 Å². The third-order valence-electron chi connectivity index (χ3n) is 4.34. The third-order valence-corrected chi connectivity index (χ3v) is 5.68. The highest BCUT2D eigenvalue weighted by molar-refractivity contribution is 7.88. The van der Waals surface area contributed by atoms with Crippen LogP contribution in [0.3, 0.4) is 0 Å². The van der Waals surface area contributed by atoms with Gasteiger partial charge in [-0.15, -0.1) is 0 Å². The van der Waals surface area contributed by atoms with E-state index in [9.17, 15) is 8.42 Å². The molecule has 0 bridgehead atoms. The molecule has 7 nitrogen and oxygen atoms in total. The molecule has 158 valence electrons. The first kappa shape index (κ1) is 22.7. The molecule has 0 atom stereocenters. The van der Waals surface area contributed by atoms with Gasteiger partial charge in [0, 0.05) is 25.7 Å². The zero-order valence-corrected chi connectivity index (χ0v) is 18.3. The summed E-state index contributed by atoms with van der Waals surface area (Å²) in [5.41, 5.74) is 4.00. The first-order valence-electron chi connectivity index (χ1n) is 9.52. The van der Waals surface area contributed by atoms with Gasteiger partial charge >= 0.3 is 0 Å². The molecule has 2 rings (SSSR count). The van der Waals surface area contributed by atoms with E-state index in [0.29, 0.717) is 25.7 Å². The number of hydrogen-bond donors (Lipinski definition) is 3. The third kappa shape index (κ3) is 7.40. The molecule has 8 heteroatoms. The molecule has 0 aliphatic carbocycles. The van der Waals surface area contributed by atoms with Crippen molar-refractivity contribution in [2.45, 2.75) is 32.7 Å². The van der Waals surface area contributed by atoms with Crippen LogP contribution in [-0.2, 0) is 28.9 Å². The number of rotatable bonds is 9. The molecule has 3 N–H and O–H groups in total. The molecule has 0 radical (unpaired) electrons. The minimum atomic E-state index is -3.26. The number of aliphatic imine (C=N–C) groups is 1. The summed E-state index contributed by atoms with van der Waals surface area (Å²) in [5, 5.41) is 6.56. The van der Waals surface area contributed by atoms with Crippen molar-refractivity contribution in [3.8, 4) is 5.75 Å². The Bertz CT molecular complexity index is 925. The van der Waals surface area contributed by atoms with Crippen LogP contribution >= 0.6 is 0 Å². The van der Waals surface area contributed by atoms with Crippen LogP contribution in [0.25, 0.3) is 0 Å².